The fraction of sp³-hybridized carbons (Fsp3) is 0.500. The normalized spacial score (nSPS) is 10.1. The molecule has 15 heavy (non-hydrogen) atoms. The SMILES string of the molecule is CCCc1cc(OC)c(O)c(OCC)c1. The van der Waals surface area contributed by atoms with E-state index in [1.807, 2.05) is 19.1 Å². The highest BCUT2D eigenvalue weighted by Crippen LogP contribution is 2.37. The molecule has 0 spiro atoms. The van der Waals surface area contributed by atoms with Crippen LogP contribution in [0.1, 0.15) is 25.8 Å². The van der Waals surface area contributed by atoms with Gasteiger partial charge in [-0.05, 0) is 31.0 Å². The second-order valence-corrected chi connectivity index (χ2v) is 3.33. The van der Waals surface area contributed by atoms with Crippen molar-refractivity contribution < 1.29 is 14.6 Å². The van der Waals surface area contributed by atoms with E-state index in [1.54, 1.807) is 7.11 Å². The summed E-state index contributed by atoms with van der Waals surface area (Å²) in [6, 6.07) is 3.71. The Bertz CT molecular complexity index is 321. The van der Waals surface area contributed by atoms with Crippen molar-refractivity contribution in [2.75, 3.05) is 13.7 Å². The summed E-state index contributed by atoms with van der Waals surface area (Å²) in [4.78, 5) is 0. The van der Waals surface area contributed by atoms with Gasteiger partial charge in [-0.2, -0.15) is 0 Å². The van der Waals surface area contributed by atoms with Crippen molar-refractivity contribution >= 4 is 0 Å². The first-order valence-corrected chi connectivity index (χ1v) is 5.25. The van der Waals surface area contributed by atoms with Crippen LogP contribution < -0.4 is 9.47 Å². The molecule has 0 aliphatic heterocycles. The summed E-state index contributed by atoms with van der Waals surface area (Å²) in [5, 5.41) is 9.76. The maximum atomic E-state index is 9.76. The van der Waals surface area contributed by atoms with Crippen LogP contribution in [0.4, 0.5) is 0 Å². The monoisotopic (exact) mass is 210 g/mol. The predicted octanol–water partition coefficient (Wildman–Crippen LogP) is 2.75. The number of aromatic hydroxyl groups is 1. The van der Waals surface area contributed by atoms with Gasteiger partial charge in [0.25, 0.3) is 0 Å². The maximum Gasteiger partial charge on any atom is 0.200 e. The number of hydrogen-bond acceptors (Lipinski definition) is 3. The molecule has 3 heteroatoms. The van der Waals surface area contributed by atoms with Crippen LogP contribution in [-0.2, 0) is 6.42 Å². The highest BCUT2D eigenvalue weighted by atomic mass is 16.5. The number of benzene rings is 1. The number of aryl methyl sites for hydroxylation is 1. The zero-order valence-corrected chi connectivity index (χ0v) is 9.54. The largest absolute Gasteiger partial charge is 0.502 e. The van der Waals surface area contributed by atoms with Crippen molar-refractivity contribution in [3.63, 3.8) is 0 Å². The first-order valence-electron chi connectivity index (χ1n) is 5.25. The highest BCUT2D eigenvalue weighted by Gasteiger charge is 2.10. The molecule has 1 aromatic rings. The second kappa shape index (κ2) is 5.49. The lowest BCUT2D eigenvalue weighted by Gasteiger charge is -2.11. The Kier molecular flexibility index (Phi) is 4.28. The molecular formula is C12H18O3. The van der Waals surface area contributed by atoms with Gasteiger partial charge in [0.05, 0.1) is 13.7 Å². The van der Waals surface area contributed by atoms with Crippen LogP contribution in [0.15, 0.2) is 12.1 Å². The molecule has 0 unspecified atom stereocenters. The molecular weight excluding hydrogens is 192 g/mol. The molecule has 84 valence electrons. The van der Waals surface area contributed by atoms with E-state index in [1.165, 1.54) is 0 Å². The predicted molar refractivity (Wildman–Crippen MR) is 59.8 cm³/mol. The molecule has 0 fully saturated rings. The highest BCUT2D eigenvalue weighted by molar-refractivity contribution is 5.52. The van der Waals surface area contributed by atoms with E-state index in [0.29, 0.717) is 18.1 Å². The lowest BCUT2D eigenvalue weighted by atomic mass is 10.1. The summed E-state index contributed by atoms with van der Waals surface area (Å²) in [6.45, 7) is 4.53. The average Bonchev–Trinajstić information content (AvgIpc) is 2.23. The topological polar surface area (TPSA) is 38.7 Å². The summed E-state index contributed by atoms with van der Waals surface area (Å²) in [5.41, 5.74) is 1.12. The molecule has 0 radical (unpaired) electrons. The summed E-state index contributed by atoms with van der Waals surface area (Å²) in [7, 11) is 1.54. The molecule has 0 saturated carbocycles. The fourth-order valence-electron chi connectivity index (χ4n) is 1.49. The number of hydrogen-bond donors (Lipinski definition) is 1. The third kappa shape index (κ3) is 2.78. The number of phenolic OH excluding ortho intramolecular Hbond substituents is 1. The van der Waals surface area contributed by atoms with E-state index in [0.717, 1.165) is 18.4 Å². The third-order valence-electron chi connectivity index (χ3n) is 2.16. The summed E-state index contributed by atoms with van der Waals surface area (Å²) in [5.74, 6) is 1.06. The van der Waals surface area contributed by atoms with Gasteiger partial charge in [0.2, 0.25) is 5.75 Å². The minimum atomic E-state index is 0.0826. The van der Waals surface area contributed by atoms with E-state index in [2.05, 4.69) is 6.92 Å². The van der Waals surface area contributed by atoms with Crippen LogP contribution >= 0.6 is 0 Å². The van der Waals surface area contributed by atoms with Crippen LogP contribution in [0.2, 0.25) is 0 Å². The zero-order valence-electron chi connectivity index (χ0n) is 9.54. The van der Waals surface area contributed by atoms with Gasteiger partial charge in [0.15, 0.2) is 11.5 Å². The van der Waals surface area contributed by atoms with Crippen LogP contribution in [0, 0.1) is 0 Å². The Labute approximate surface area is 90.6 Å². The van der Waals surface area contributed by atoms with Gasteiger partial charge < -0.3 is 14.6 Å². The molecule has 1 rings (SSSR count). The molecule has 0 bridgehead atoms. The number of rotatable bonds is 5. The van der Waals surface area contributed by atoms with E-state index in [4.69, 9.17) is 9.47 Å². The molecule has 0 atom stereocenters. The fourth-order valence-corrected chi connectivity index (χ4v) is 1.49. The quantitative estimate of drug-likeness (QED) is 0.812. The lowest BCUT2D eigenvalue weighted by Crippen LogP contribution is -1.96. The summed E-state index contributed by atoms with van der Waals surface area (Å²) >= 11 is 0. The number of ether oxygens (including phenoxy) is 2. The zero-order chi connectivity index (χ0) is 11.3. The Morgan fingerprint density at radius 1 is 1.20 bits per heavy atom. The third-order valence-corrected chi connectivity index (χ3v) is 2.16. The van der Waals surface area contributed by atoms with Crippen molar-refractivity contribution in [1.29, 1.82) is 0 Å². The van der Waals surface area contributed by atoms with Crippen LogP contribution in [-0.4, -0.2) is 18.8 Å². The smallest absolute Gasteiger partial charge is 0.200 e. The van der Waals surface area contributed by atoms with E-state index in [-0.39, 0.29) is 5.75 Å². The van der Waals surface area contributed by atoms with Gasteiger partial charge in [-0.15, -0.1) is 0 Å². The van der Waals surface area contributed by atoms with Gasteiger partial charge in [-0.1, -0.05) is 13.3 Å². The van der Waals surface area contributed by atoms with Gasteiger partial charge in [-0.3, -0.25) is 0 Å². The van der Waals surface area contributed by atoms with E-state index < -0.39 is 0 Å². The molecule has 3 nitrogen and oxygen atoms in total. The lowest BCUT2D eigenvalue weighted by molar-refractivity contribution is 0.304. The van der Waals surface area contributed by atoms with E-state index >= 15 is 0 Å². The first-order chi connectivity index (χ1) is 7.22. The second-order valence-electron chi connectivity index (χ2n) is 3.33. The van der Waals surface area contributed by atoms with Crippen molar-refractivity contribution in [3.05, 3.63) is 17.7 Å². The van der Waals surface area contributed by atoms with Gasteiger partial charge in [0, 0.05) is 0 Å². The van der Waals surface area contributed by atoms with Crippen molar-refractivity contribution in [2.24, 2.45) is 0 Å². The molecule has 0 amide bonds. The molecule has 0 saturated heterocycles. The molecule has 0 aliphatic carbocycles. The molecule has 1 aromatic carbocycles. The van der Waals surface area contributed by atoms with Crippen LogP contribution in [0.3, 0.4) is 0 Å². The maximum absolute atomic E-state index is 9.76. The Balaban J connectivity index is 3.07. The number of methoxy groups -OCH3 is 1. The van der Waals surface area contributed by atoms with Gasteiger partial charge in [0.1, 0.15) is 0 Å². The summed E-state index contributed by atoms with van der Waals surface area (Å²) in [6.07, 6.45) is 2.01. The van der Waals surface area contributed by atoms with Crippen molar-refractivity contribution in [2.45, 2.75) is 26.7 Å². The van der Waals surface area contributed by atoms with Crippen molar-refractivity contribution in [1.82, 2.24) is 0 Å². The Morgan fingerprint density at radius 2 is 1.87 bits per heavy atom. The molecule has 0 aliphatic rings. The molecule has 1 N–H and O–H groups in total. The standard InChI is InChI=1S/C12H18O3/c1-4-6-9-7-10(14-3)12(13)11(8-9)15-5-2/h7-8,13H,4-6H2,1-3H3. The minimum absolute atomic E-state index is 0.0826. The van der Waals surface area contributed by atoms with Crippen LogP contribution in [0.5, 0.6) is 17.2 Å². The molecule has 0 heterocycles. The van der Waals surface area contributed by atoms with Crippen molar-refractivity contribution in [3.8, 4) is 17.2 Å². The van der Waals surface area contributed by atoms with E-state index in [9.17, 15) is 5.11 Å². The van der Waals surface area contributed by atoms with Gasteiger partial charge >= 0.3 is 0 Å². The van der Waals surface area contributed by atoms with Gasteiger partial charge in [-0.25, -0.2) is 0 Å². The summed E-state index contributed by atoms with van der Waals surface area (Å²) < 4.78 is 10.4. The minimum Gasteiger partial charge on any atom is -0.502 e. The average molecular weight is 210 g/mol. The Morgan fingerprint density at radius 3 is 2.40 bits per heavy atom. The van der Waals surface area contributed by atoms with Crippen LogP contribution in [0.25, 0.3) is 0 Å². The number of phenols is 1. The molecule has 0 aromatic heterocycles. The Hall–Kier alpha value is -1.38. The first kappa shape index (κ1) is 11.7.